The van der Waals surface area contributed by atoms with Gasteiger partial charge in [-0.3, -0.25) is 4.79 Å². The third kappa shape index (κ3) is 5.78. The summed E-state index contributed by atoms with van der Waals surface area (Å²) in [6.45, 7) is 2.23. The number of carbonyl (C=O) groups excluding carboxylic acids is 2. The summed E-state index contributed by atoms with van der Waals surface area (Å²) in [5, 5.41) is 3.98. The number of esters is 1. The van der Waals surface area contributed by atoms with Crippen LogP contribution in [0, 0.1) is 0 Å². The Hall–Kier alpha value is -3.45. The van der Waals surface area contributed by atoms with Crippen molar-refractivity contribution in [3.05, 3.63) is 94.0 Å². The number of halogens is 1. The Labute approximate surface area is 182 Å². The summed E-state index contributed by atoms with van der Waals surface area (Å²) in [6, 6.07) is 20.7. The number of hydrogen-bond donors (Lipinski definition) is 1. The molecular formula is C23H19BrN2O4. The number of amides is 1. The molecule has 0 unspecified atom stereocenters. The summed E-state index contributed by atoms with van der Waals surface area (Å²) >= 11 is 3.33. The molecule has 0 aromatic heterocycles. The minimum atomic E-state index is -0.472. The van der Waals surface area contributed by atoms with E-state index in [1.165, 1.54) is 6.21 Å². The first-order valence-corrected chi connectivity index (χ1v) is 9.99. The molecule has 0 atom stereocenters. The monoisotopic (exact) mass is 466 g/mol. The molecule has 3 aromatic rings. The van der Waals surface area contributed by atoms with E-state index in [9.17, 15) is 9.59 Å². The van der Waals surface area contributed by atoms with E-state index in [0.29, 0.717) is 34.8 Å². The van der Waals surface area contributed by atoms with Crippen LogP contribution in [0.4, 0.5) is 0 Å². The minimum Gasteiger partial charge on any atom is -0.490 e. The average molecular weight is 467 g/mol. The van der Waals surface area contributed by atoms with Crippen LogP contribution in [0.15, 0.2) is 82.4 Å². The number of hydrogen-bond acceptors (Lipinski definition) is 5. The second-order valence-corrected chi connectivity index (χ2v) is 7.02. The summed E-state index contributed by atoms with van der Waals surface area (Å²) in [6.07, 6.45) is 1.49. The molecule has 3 rings (SSSR count). The highest BCUT2D eigenvalue weighted by Gasteiger charge is 2.13. The standard InChI is InChI=1S/C23H19BrN2O4/c1-2-29-21-14-16(15-25-26-22(27)17-9-11-19(24)12-10-17)8-13-20(21)30-23(28)18-6-4-3-5-7-18/h3-15H,2H2,1H3,(H,26,27)/b25-15+. The van der Waals surface area contributed by atoms with Gasteiger partial charge in [0.2, 0.25) is 0 Å². The van der Waals surface area contributed by atoms with E-state index in [1.807, 2.05) is 13.0 Å². The van der Waals surface area contributed by atoms with Gasteiger partial charge in [-0.25, -0.2) is 10.2 Å². The van der Waals surface area contributed by atoms with Crippen LogP contribution in [0.2, 0.25) is 0 Å². The maximum Gasteiger partial charge on any atom is 0.343 e. The van der Waals surface area contributed by atoms with Gasteiger partial charge < -0.3 is 9.47 Å². The Morgan fingerprint density at radius 2 is 1.70 bits per heavy atom. The second kappa shape index (κ2) is 10.4. The summed E-state index contributed by atoms with van der Waals surface area (Å²) in [5.74, 6) is -0.0800. The van der Waals surface area contributed by atoms with E-state index in [0.717, 1.165) is 4.47 Å². The Morgan fingerprint density at radius 3 is 2.40 bits per heavy atom. The van der Waals surface area contributed by atoms with Crippen molar-refractivity contribution in [1.29, 1.82) is 0 Å². The van der Waals surface area contributed by atoms with E-state index < -0.39 is 5.97 Å². The quantitative estimate of drug-likeness (QED) is 0.234. The van der Waals surface area contributed by atoms with Gasteiger partial charge in [-0.1, -0.05) is 34.1 Å². The van der Waals surface area contributed by atoms with E-state index in [4.69, 9.17) is 9.47 Å². The zero-order valence-electron chi connectivity index (χ0n) is 16.2. The van der Waals surface area contributed by atoms with Crippen LogP contribution in [0.3, 0.4) is 0 Å². The second-order valence-electron chi connectivity index (χ2n) is 6.10. The van der Waals surface area contributed by atoms with Gasteiger partial charge >= 0.3 is 5.97 Å². The summed E-state index contributed by atoms with van der Waals surface area (Å²) < 4.78 is 11.9. The number of hydrazone groups is 1. The summed E-state index contributed by atoms with van der Waals surface area (Å²) in [7, 11) is 0. The number of nitrogens with zero attached hydrogens (tertiary/aromatic N) is 1. The first-order valence-electron chi connectivity index (χ1n) is 9.20. The zero-order chi connectivity index (χ0) is 21.3. The number of nitrogens with one attached hydrogen (secondary N) is 1. The molecule has 3 aromatic carbocycles. The highest BCUT2D eigenvalue weighted by atomic mass is 79.9. The third-order valence-corrected chi connectivity index (χ3v) is 4.49. The predicted molar refractivity (Wildman–Crippen MR) is 118 cm³/mol. The summed E-state index contributed by atoms with van der Waals surface area (Å²) in [5.41, 5.74) is 4.09. The van der Waals surface area contributed by atoms with Crippen LogP contribution in [-0.2, 0) is 0 Å². The lowest BCUT2D eigenvalue weighted by molar-refractivity contribution is 0.0728. The Kier molecular flexibility index (Phi) is 7.34. The lowest BCUT2D eigenvalue weighted by Gasteiger charge is -2.11. The van der Waals surface area contributed by atoms with Crippen molar-refractivity contribution in [3.63, 3.8) is 0 Å². The maximum atomic E-state index is 12.3. The van der Waals surface area contributed by atoms with Crippen LogP contribution in [0.5, 0.6) is 11.5 Å². The molecule has 0 saturated carbocycles. The third-order valence-electron chi connectivity index (χ3n) is 3.97. The topological polar surface area (TPSA) is 77.0 Å². The largest absolute Gasteiger partial charge is 0.490 e. The van der Waals surface area contributed by atoms with Gasteiger partial charge in [-0.2, -0.15) is 5.10 Å². The predicted octanol–water partition coefficient (Wildman–Crippen LogP) is 4.83. The van der Waals surface area contributed by atoms with E-state index in [-0.39, 0.29) is 5.91 Å². The zero-order valence-corrected chi connectivity index (χ0v) is 17.8. The van der Waals surface area contributed by atoms with Gasteiger partial charge in [0.1, 0.15) is 0 Å². The smallest absolute Gasteiger partial charge is 0.343 e. The number of rotatable bonds is 7. The lowest BCUT2D eigenvalue weighted by atomic mass is 10.2. The van der Waals surface area contributed by atoms with Crippen molar-refractivity contribution in [2.75, 3.05) is 6.61 Å². The normalized spacial score (nSPS) is 10.6. The highest BCUT2D eigenvalue weighted by Crippen LogP contribution is 2.29. The van der Waals surface area contributed by atoms with Crippen LogP contribution < -0.4 is 14.9 Å². The van der Waals surface area contributed by atoms with Gasteiger partial charge in [0.15, 0.2) is 11.5 Å². The lowest BCUT2D eigenvalue weighted by Crippen LogP contribution is -2.17. The van der Waals surface area contributed by atoms with Crippen molar-refractivity contribution in [2.45, 2.75) is 6.92 Å². The van der Waals surface area contributed by atoms with E-state index in [2.05, 4.69) is 26.5 Å². The fourth-order valence-corrected chi connectivity index (χ4v) is 2.79. The van der Waals surface area contributed by atoms with Gasteiger partial charge in [0.05, 0.1) is 18.4 Å². The average Bonchev–Trinajstić information content (AvgIpc) is 2.76. The van der Waals surface area contributed by atoms with Crippen LogP contribution >= 0.6 is 15.9 Å². The van der Waals surface area contributed by atoms with Gasteiger partial charge in [0.25, 0.3) is 5.91 Å². The van der Waals surface area contributed by atoms with Crippen LogP contribution in [0.1, 0.15) is 33.2 Å². The highest BCUT2D eigenvalue weighted by molar-refractivity contribution is 9.10. The SMILES string of the molecule is CCOc1cc(/C=N/NC(=O)c2ccc(Br)cc2)ccc1OC(=O)c1ccccc1. The molecule has 0 aliphatic rings. The molecule has 30 heavy (non-hydrogen) atoms. The van der Waals surface area contributed by atoms with Crippen LogP contribution in [-0.4, -0.2) is 24.7 Å². The van der Waals surface area contributed by atoms with Gasteiger partial charge in [-0.05, 0) is 67.1 Å². The molecule has 0 fully saturated rings. The molecular weight excluding hydrogens is 448 g/mol. The summed E-state index contributed by atoms with van der Waals surface area (Å²) in [4.78, 5) is 24.4. The van der Waals surface area contributed by atoms with Gasteiger partial charge in [-0.15, -0.1) is 0 Å². The molecule has 0 aliphatic heterocycles. The van der Waals surface area contributed by atoms with Crippen molar-refractivity contribution in [3.8, 4) is 11.5 Å². The van der Waals surface area contributed by atoms with E-state index >= 15 is 0 Å². The van der Waals surface area contributed by atoms with Crippen molar-refractivity contribution in [2.24, 2.45) is 5.10 Å². The molecule has 6 nitrogen and oxygen atoms in total. The molecule has 0 spiro atoms. The molecule has 0 aliphatic carbocycles. The Bertz CT molecular complexity index is 1050. The first kappa shape index (κ1) is 21.3. The fraction of sp³-hybridized carbons (Fsp3) is 0.0870. The maximum absolute atomic E-state index is 12.3. The molecule has 1 amide bonds. The number of ether oxygens (including phenoxy) is 2. The van der Waals surface area contributed by atoms with Crippen molar-refractivity contribution in [1.82, 2.24) is 5.43 Å². The number of carbonyl (C=O) groups is 2. The first-order chi connectivity index (χ1) is 14.6. The number of benzene rings is 3. The molecule has 0 heterocycles. The Morgan fingerprint density at radius 1 is 0.967 bits per heavy atom. The Balaban J connectivity index is 1.69. The molecule has 0 saturated heterocycles. The van der Waals surface area contributed by atoms with Crippen molar-refractivity contribution < 1.29 is 19.1 Å². The molecule has 7 heteroatoms. The van der Waals surface area contributed by atoms with Gasteiger partial charge in [0, 0.05) is 10.0 Å². The fourth-order valence-electron chi connectivity index (χ4n) is 2.52. The minimum absolute atomic E-state index is 0.307. The molecule has 0 bridgehead atoms. The molecule has 1 N–H and O–H groups in total. The molecule has 152 valence electrons. The van der Waals surface area contributed by atoms with Crippen molar-refractivity contribution >= 4 is 34.0 Å². The van der Waals surface area contributed by atoms with E-state index in [1.54, 1.807) is 66.7 Å². The van der Waals surface area contributed by atoms with Crippen LogP contribution in [0.25, 0.3) is 0 Å². The molecule has 0 radical (unpaired) electrons.